The van der Waals surface area contributed by atoms with E-state index in [0.717, 1.165) is 11.3 Å². The number of carboxylic acid groups (broad SMARTS) is 1. The van der Waals surface area contributed by atoms with Gasteiger partial charge in [-0.25, -0.2) is 0 Å². The zero-order valence-corrected chi connectivity index (χ0v) is 17.6. The molecule has 2 atom stereocenters. The van der Waals surface area contributed by atoms with Gasteiger partial charge in [-0.1, -0.05) is 32.9 Å². The molecule has 1 aromatic carbocycles. The number of hydrogen-bond donors (Lipinski definition) is 2. The first kappa shape index (κ1) is 21.7. The average Bonchev–Trinajstić information content (AvgIpc) is 2.50. The van der Waals surface area contributed by atoms with Gasteiger partial charge < -0.3 is 19.6 Å². The molecule has 142 valence electrons. The highest BCUT2D eigenvalue weighted by molar-refractivity contribution is 6.74. The lowest BCUT2D eigenvalue weighted by atomic mass is 10.0. The van der Waals surface area contributed by atoms with E-state index in [1.54, 1.807) is 7.11 Å². The van der Waals surface area contributed by atoms with Crippen LogP contribution in [0.4, 0.5) is 0 Å². The standard InChI is InChI=1S/C19H33NO4Si/c1-14(24-25(6,7)19(2,3)4)17(18(21)22)13-20-12-15-8-10-16(23-5)11-9-15/h8-11,14,17,20H,12-13H2,1-7H3,(H,21,22)/t14-,17+/m1/s1. The van der Waals surface area contributed by atoms with Gasteiger partial charge >= 0.3 is 5.97 Å². The van der Waals surface area contributed by atoms with Crippen LogP contribution in [0.25, 0.3) is 0 Å². The van der Waals surface area contributed by atoms with E-state index in [-0.39, 0.29) is 11.1 Å². The van der Waals surface area contributed by atoms with Gasteiger partial charge in [-0.15, -0.1) is 0 Å². The van der Waals surface area contributed by atoms with E-state index in [9.17, 15) is 9.90 Å². The van der Waals surface area contributed by atoms with Gasteiger partial charge in [0.05, 0.1) is 19.1 Å². The van der Waals surface area contributed by atoms with Crippen molar-refractivity contribution in [3.8, 4) is 5.75 Å². The molecule has 0 aromatic heterocycles. The van der Waals surface area contributed by atoms with Gasteiger partial charge in [0, 0.05) is 13.1 Å². The van der Waals surface area contributed by atoms with Gasteiger partial charge in [-0.2, -0.15) is 0 Å². The summed E-state index contributed by atoms with van der Waals surface area (Å²) in [7, 11) is -0.362. The third-order valence-corrected chi connectivity index (χ3v) is 9.60. The Balaban J connectivity index is 2.62. The lowest BCUT2D eigenvalue weighted by Crippen LogP contribution is -2.47. The van der Waals surface area contributed by atoms with E-state index in [1.165, 1.54) is 0 Å². The van der Waals surface area contributed by atoms with E-state index < -0.39 is 20.2 Å². The minimum Gasteiger partial charge on any atom is -0.497 e. The van der Waals surface area contributed by atoms with E-state index in [1.807, 2.05) is 31.2 Å². The van der Waals surface area contributed by atoms with Crippen molar-refractivity contribution in [2.75, 3.05) is 13.7 Å². The molecule has 6 heteroatoms. The minimum absolute atomic E-state index is 0.0564. The molecule has 0 bridgehead atoms. The highest BCUT2D eigenvalue weighted by Crippen LogP contribution is 2.38. The fraction of sp³-hybridized carbons (Fsp3) is 0.632. The van der Waals surface area contributed by atoms with Crippen LogP contribution in [0.15, 0.2) is 24.3 Å². The van der Waals surface area contributed by atoms with Crippen molar-refractivity contribution in [3.63, 3.8) is 0 Å². The maximum Gasteiger partial charge on any atom is 0.310 e. The predicted octanol–water partition coefficient (Wildman–Crippen LogP) is 3.90. The average molecular weight is 368 g/mol. The second-order valence-corrected chi connectivity index (χ2v) is 12.8. The molecule has 0 saturated heterocycles. The van der Waals surface area contributed by atoms with Gasteiger partial charge in [0.15, 0.2) is 8.32 Å². The molecule has 2 N–H and O–H groups in total. The van der Waals surface area contributed by atoms with Crippen LogP contribution in [-0.2, 0) is 15.8 Å². The zero-order chi connectivity index (χ0) is 19.3. The second kappa shape index (κ2) is 8.83. The molecular weight excluding hydrogens is 334 g/mol. The lowest BCUT2D eigenvalue weighted by Gasteiger charge is -2.39. The molecule has 0 amide bonds. The summed E-state index contributed by atoms with van der Waals surface area (Å²) >= 11 is 0. The molecule has 0 aliphatic rings. The van der Waals surface area contributed by atoms with E-state index in [4.69, 9.17) is 9.16 Å². The van der Waals surface area contributed by atoms with Crippen LogP contribution < -0.4 is 10.1 Å². The SMILES string of the molecule is COc1ccc(CNC[C@H](C(=O)O)[C@@H](C)O[Si](C)(C)C(C)(C)C)cc1. The largest absolute Gasteiger partial charge is 0.497 e. The van der Waals surface area contributed by atoms with Crippen molar-refractivity contribution in [2.45, 2.75) is 58.5 Å². The quantitative estimate of drug-likeness (QED) is 0.648. The van der Waals surface area contributed by atoms with E-state index >= 15 is 0 Å². The number of hydrogen-bond acceptors (Lipinski definition) is 4. The molecule has 0 heterocycles. The lowest BCUT2D eigenvalue weighted by molar-refractivity contribution is -0.144. The second-order valence-electron chi connectivity index (χ2n) is 8.01. The summed E-state index contributed by atoms with van der Waals surface area (Å²) in [5.41, 5.74) is 1.09. The smallest absolute Gasteiger partial charge is 0.310 e. The first-order valence-electron chi connectivity index (χ1n) is 8.72. The summed E-state index contributed by atoms with van der Waals surface area (Å²) in [6.45, 7) is 13.6. The summed E-state index contributed by atoms with van der Waals surface area (Å²) < 4.78 is 11.4. The van der Waals surface area contributed by atoms with Crippen LogP contribution in [0, 0.1) is 5.92 Å². The molecule has 5 nitrogen and oxygen atoms in total. The molecule has 0 fully saturated rings. The molecule has 1 aromatic rings. The normalized spacial score (nSPS) is 14.8. The molecule has 1 rings (SSSR count). The molecule has 0 aliphatic heterocycles. The number of nitrogens with one attached hydrogen (secondary N) is 1. The summed E-state index contributed by atoms with van der Waals surface area (Å²) in [6, 6.07) is 7.73. The van der Waals surface area contributed by atoms with Gasteiger partial charge in [0.1, 0.15) is 5.75 Å². The Morgan fingerprint density at radius 1 is 1.24 bits per heavy atom. The van der Waals surface area contributed by atoms with E-state index in [2.05, 4.69) is 39.2 Å². The van der Waals surface area contributed by atoms with Crippen LogP contribution in [0.5, 0.6) is 5.75 Å². The van der Waals surface area contributed by atoms with Gasteiger partial charge in [0.25, 0.3) is 0 Å². The summed E-state index contributed by atoms with van der Waals surface area (Å²) in [5.74, 6) is -0.593. The molecule has 0 saturated carbocycles. The van der Waals surface area contributed by atoms with Crippen LogP contribution in [-0.4, -0.2) is 39.2 Å². The third kappa shape index (κ3) is 6.45. The molecule has 0 radical (unpaired) electrons. The number of ether oxygens (including phenoxy) is 1. The van der Waals surface area contributed by atoms with Crippen molar-refractivity contribution in [2.24, 2.45) is 5.92 Å². The highest BCUT2D eigenvalue weighted by Gasteiger charge is 2.40. The maximum absolute atomic E-state index is 11.7. The summed E-state index contributed by atoms with van der Waals surface area (Å²) in [6.07, 6.45) is -0.332. The molecular formula is C19H33NO4Si. The van der Waals surface area contributed by atoms with Gasteiger partial charge in [0.2, 0.25) is 0 Å². The Hall–Kier alpha value is -1.37. The first-order valence-corrected chi connectivity index (χ1v) is 11.6. The van der Waals surface area contributed by atoms with Gasteiger partial charge in [-0.3, -0.25) is 4.79 Å². The van der Waals surface area contributed by atoms with Crippen molar-refractivity contribution >= 4 is 14.3 Å². The fourth-order valence-electron chi connectivity index (χ4n) is 2.29. The van der Waals surface area contributed by atoms with Crippen molar-refractivity contribution in [1.82, 2.24) is 5.32 Å². The molecule has 0 aliphatic carbocycles. The van der Waals surface area contributed by atoms with Gasteiger partial charge in [-0.05, 0) is 42.8 Å². The molecule has 0 unspecified atom stereocenters. The number of methoxy groups -OCH3 is 1. The highest BCUT2D eigenvalue weighted by atomic mass is 28.4. The number of benzene rings is 1. The summed E-state index contributed by atoms with van der Waals surface area (Å²) in [5, 5.41) is 12.9. The summed E-state index contributed by atoms with van der Waals surface area (Å²) in [4.78, 5) is 11.7. The number of rotatable bonds is 9. The Labute approximate surface area is 152 Å². The fourth-order valence-corrected chi connectivity index (χ4v) is 3.74. The van der Waals surface area contributed by atoms with E-state index in [0.29, 0.717) is 13.1 Å². The van der Waals surface area contributed by atoms with Crippen molar-refractivity contribution < 1.29 is 19.1 Å². The maximum atomic E-state index is 11.7. The van der Waals surface area contributed by atoms with Crippen LogP contribution in [0.1, 0.15) is 33.3 Å². The van der Waals surface area contributed by atoms with Crippen LogP contribution in [0.3, 0.4) is 0 Å². The minimum atomic E-state index is -2.00. The van der Waals surface area contributed by atoms with Crippen molar-refractivity contribution in [1.29, 1.82) is 0 Å². The Morgan fingerprint density at radius 3 is 2.24 bits per heavy atom. The number of carbonyl (C=O) groups is 1. The topological polar surface area (TPSA) is 67.8 Å². The third-order valence-electron chi connectivity index (χ3n) is 5.02. The molecule has 0 spiro atoms. The molecule has 25 heavy (non-hydrogen) atoms. The number of carboxylic acids is 1. The first-order chi connectivity index (χ1) is 11.5. The van der Waals surface area contributed by atoms with Crippen molar-refractivity contribution in [3.05, 3.63) is 29.8 Å². The monoisotopic (exact) mass is 367 g/mol. The Morgan fingerprint density at radius 2 is 1.80 bits per heavy atom. The van der Waals surface area contributed by atoms with Crippen LogP contribution in [0.2, 0.25) is 18.1 Å². The Bertz CT molecular complexity index is 552. The zero-order valence-electron chi connectivity index (χ0n) is 16.6. The predicted molar refractivity (Wildman–Crippen MR) is 104 cm³/mol. The van der Waals surface area contributed by atoms with Crippen LogP contribution >= 0.6 is 0 Å². The number of aliphatic carboxylic acids is 1. The Kier molecular flexibility index (Phi) is 7.65.